The van der Waals surface area contributed by atoms with Gasteiger partial charge in [0.1, 0.15) is 11.2 Å². The molecule has 1 heterocycles. The van der Waals surface area contributed by atoms with Gasteiger partial charge in [-0.1, -0.05) is 18.2 Å². The van der Waals surface area contributed by atoms with Gasteiger partial charge < -0.3 is 14.8 Å². The molecule has 0 aromatic heterocycles. The summed E-state index contributed by atoms with van der Waals surface area (Å²) in [5.74, 6) is -0.448. The zero-order valence-electron chi connectivity index (χ0n) is 10.9. The predicted molar refractivity (Wildman–Crippen MR) is 68.2 cm³/mol. The highest BCUT2D eigenvalue weighted by Crippen LogP contribution is 2.28. The molecular formula is C14H18FNO3. The quantitative estimate of drug-likeness (QED) is 0.620. The van der Waals surface area contributed by atoms with Gasteiger partial charge >= 0.3 is 5.97 Å². The molecule has 0 atom stereocenters. The van der Waals surface area contributed by atoms with Crippen molar-refractivity contribution in [1.29, 1.82) is 0 Å². The molecule has 19 heavy (non-hydrogen) atoms. The highest BCUT2D eigenvalue weighted by molar-refractivity contribution is 5.78. The van der Waals surface area contributed by atoms with Gasteiger partial charge in [-0.15, -0.1) is 0 Å². The molecule has 0 radical (unpaired) electrons. The van der Waals surface area contributed by atoms with Crippen molar-refractivity contribution in [3.63, 3.8) is 0 Å². The largest absolute Gasteiger partial charge is 0.468 e. The molecule has 1 aliphatic rings. The molecule has 104 valence electrons. The molecule has 0 spiro atoms. The fourth-order valence-corrected chi connectivity index (χ4v) is 2.11. The van der Waals surface area contributed by atoms with Crippen LogP contribution in [0.15, 0.2) is 24.3 Å². The van der Waals surface area contributed by atoms with Gasteiger partial charge in [0, 0.05) is 6.54 Å². The van der Waals surface area contributed by atoms with Crippen molar-refractivity contribution in [2.75, 3.05) is 33.4 Å². The molecule has 0 amide bonds. The van der Waals surface area contributed by atoms with Crippen LogP contribution in [-0.2, 0) is 20.7 Å². The first-order valence-corrected chi connectivity index (χ1v) is 6.28. The highest BCUT2D eigenvalue weighted by Gasteiger charge is 2.46. The van der Waals surface area contributed by atoms with Crippen LogP contribution >= 0.6 is 0 Å². The van der Waals surface area contributed by atoms with Gasteiger partial charge in [-0.3, -0.25) is 4.79 Å². The number of hydrogen-bond acceptors (Lipinski definition) is 4. The standard InChI is InChI=1S/C14H18FNO3/c1-18-13(17)14(9-19-10-14)8-16-7-6-11-4-2-3-5-12(11)15/h2-5,16H,6-10H2,1H3. The van der Waals surface area contributed by atoms with Crippen LogP contribution in [0.1, 0.15) is 5.56 Å². The van der Waals surface area contributed by atoms with Crippen LogP contribution in [0.5, 0.6) is 0 Å². The Labute approximate surface area is 111 Å². The molecular weight excluding hydrogens is 249 g/mol. The normalized spacial score (nSPS) is 16.7. The summed E-state index contributed by atoms with van der Waals surface area (Å²) >= 11 is 0. The van der Waals surface area contributed by atoms with Crippen LogP contribution in [0.3, 0.4) is 0 Å². The minimum atomic E-state index is -0.565. The zero-order chi connectivity index (χ0) is 13.7. The number of hydrogen-bond donors (Lipinski definition) is 1. The van der Waals surface area contributed by atoms with Crippen LogP contribution in [-0.4, -0.2) is 39.4 Å². The Hall–Kier alpha value is -1.46. The highest BCUT2D eigenvalue weighted by atomic mass is 19.1. The summed E-state index contributed by atoms with van der Waals surface area (Å²) in [7, 11) is 1.38. The van der Waals surface area contributed by atoms with Crippen molar-refractivity contribution in [2.45, 2.75) is 6.42 Å². The molecule has 2 rings (SSSR count). The van der Waals surface area contributed by atoms with E-state index in [1.165, 1.54) is 13.2 Å². The number of halogens is 1. The summed E-state index contributed by atoms with van der Waals surface area (Å²) < 4.78 is 23.3. The molecule has 4 nitrogen and oxygen atoms in total. The first-order valence-electron chi connectivity index (χ1n) is 6.28. The number of methoxy groups -OCH3 is 1. The van der Waals surface area contributed by atoms with E-state index in [1.807, 2.05) is 6.07 Å². The SMILES string of the molecule is COC(=O)C1(CNCCc2ccccc2F)COC1. The molecule has 1 aromatic carbocycles. The van der Waals surface area contributed by atoms with Gasteiger partial charge in [0.2, 0.25) is 0 Å². The minimum Gasteiger partial charge on any atom is -0.468 e. The lowest BCUT2D eigenvalue weighted by Crippen LogP contribution is -2.55. The molecule has 1 saturated heterocycles. The third-order valence-corrected chi connectivity index (χ3v) is 3.37. The molecule has 5 heteroatoms. The lowest BCUT2D eigenvalue weighted by atomic mass is 9.86. The van der Waals surface area contributed by atoms with Gasteiger partial charge in [-0.05, 0) is 24.6 Å². The van der Waals surface area contributed by atoms with E-state index in [0.29, 0.717) is 38.3 Å². The van der Waals surface area contributed by atoms with E-state index in [9.17, 15) is 9.18 Å². The second-order valence-electron chi connectivity index (χ2n) is 4.78. The maximum absolute atomic E-state index is 13.4. The van der Waals surface area contributed by atoms with Gasteiger partial charge in [0.15, 0.2) is 0 Å². The fraction of sp³-hybridized carbons (Fsp3) is 0.500. The van der Waals surface area contributed by atoms with Gasteiger partial charge in [0.25, 0.3) is 0 Å². The van der Waals surface area contributed by atoms with Gasteiger partial charge in [-0.2, -0.15) is 0 Å². The number of rotatable bonds is 6. The Bertz CT molecular complexity index is 446. The van der Waals surface area contributed by atoms with E-state index in [4.69, 9.17) is 9.47 Å². The molecule has 1 aliphatic heterocycles. The summed E-state index contributed by atoms with van der Waals surface area (Å²) in [4.78, 5) is 11.6. The van der Waals surface area contributed by atoms with E-state index in [-0.39, 0.29) is 11.8 Å². The van der Waals surface area contributed by atoms with E-state index in [1.54, 1.807) is 12.1 Å². The number of ether oxygens (including phenoxy) is 2. The molecule has 1 N–H and O–H groups in total. The number of carbonyl (C=O) groups excluding carboxylic acids is 1. The first-order chi connectivity index (χ1) is 9.18. The molecule has 0 aliphatic carbocycles. The molecule has 1 fully saturated rings. The third-order valence-electron chi connectivity index (χ3n) is 3.37. The fourth-order valence-electron chi connectivity index (χ4n) is 2.11. The Morgan fingerprint density at radius 1 is 1.47 bits per heavy atom. The number of benzene rings is 1. The number of nitrogens with one attached hydrogen (secondary N) is 1. The Balaban J connectivity index is 1.78. The summed E-state index contributed by atoms with van der Waals surface area (Å²) in [5, 5.41) is 3.17. The second kappa shape index (κ2) is 6.12. The monoisotopic (exact) mass is 267 g/mol. The van der Waals surface area contributed by atoms with Crippen molar-refractivity contribution in [2.24, 2.45) is 5.41 Å². The van der Waals surface area contributed by atoms with Gasteiger partial charge in [0.05, 0.1) is 20.3 Å². The maximum Gasteiger partial charge on any atom is 0.317 e. The molecule has 0 saturated carbocycles. The van der Waals surface area contributed by atoms with E-state index in [0.717, 1.165) is 0 Å². The molecule has 1 aromatic rings. The van der Waals surface area contributed by atoms with Crippen molar-refractivity contribution in [1.82, 2.24) is 5.32 Å². The van der Waals surface area contributed by atoms with Crippen LogP contribution in [0.4, 0.5) is 4.39 Å². The van der Waals surface area contributed by atoms with E-state index in [2.05, 4.69) is 5.32 Å². The summed E-state index contributed by atoms with van der Waals surface area (Å²) in [5.41, 5.74) is 0.108. The lowest BCUT2D eigenvalue weighted by Gasteiger charge is -2.38. The topological polar surface area (TPSA) is 47.6 Å². The Kier molecular flexibility index (Phi) is 4.50. The average Bonchev–Trinajstić information content (AvgIpc) is 2.38. The smallest absolute Gasteiger partial charge is 0.317 e. The van der Waals surface area contributed by atoms with Crippen molar-refractivity contribution in [3.05, 3.63) is 35.6 Å². The first kappa shape index (κ1) is 14.0. The second-order valence-corrected chi connectivity index (χ2v) is 4.78. The average molecular weight is 267 g/mol. The zero-order valence-corrected chi connectivity index (χ0v) is 10.9. The number of carbonyl (C=O) groups is 1. The maximum atomic E-state index is 13.4. The number of esters is 1. The minimum absolute atomic E-state index is 0.195. The van der Waals surface area contributed by atoms with E-state index >= 15 is 0 Å². The molecule has 0 bridgehead atoms. The van der Waals surface area contributed by atoms with Gasteiger partial charge in [-0.25, -0.2) is 4.39 Å². The Morgan fingerprint density at radius 3 is 2.79 bits per heavy atom. The summed E-state index contributed by atoms with van der Waals surface area (Å²) in [6.45, 7) is 1.87. The summed E-state index contributed by atoms with van der Waals surface area (Å²) in [6, 6.07) is 6.70. The predicted octanol–water partition coefficient (Wildman–Crippen LogP) is 1.15. The van der Waals surface area contributed by atoms with Crippen LogP contribution < -0.4 is 5.32 Å². The van der Waals surface area contributed by atoms with Crippen molar-refractivity contribution in [3.8, 4) is 0 Å². The molecule has 0 unspecified atom stereocenters. The van der Waals surface area contributed by atoms with Crippen LogP contribution in [0.25, 0.3) is 0 Å². The van der Waals surface area contributed by atoms with Crippen LogP contribution in [0.2, 0.25) is 0 Å². The lowest BCUT2D eigenvalue weighted by molar-refractivity contribution is -0.182. The van der Waals surface area contributed by atoms with Crippen molar-refractivity contribution < 1.29 is 18.7 Å². The third kappa shape index (κ3) is 3.11. The van der Waals surface area contributed by atoms with Crippen LogP contribution in [0, 0.1) is 11.2 Å². The Morgan fingerprint density at radius 2 is 2.21 bits per heavy atom. The summed E-state index contributed by atoms with van der Waals surface area (Å²) in [6.07, 6.45) is 0.588. The van der Waals surface area contributed by atoms with E-state index < -0.39 is 5.41 Å². The van der Waals surface area contributed by atoms with Crippen molar-refractivity contribution >= 4 is 5.97 Å².